The van der Waals surface area contributed by atoms with Crippen molar-refractivity contribution in [3.05, 3.63) is 76.1 Å². The monoisotopic (exact) mass is 517 g/mol. The number of hydrogen-bond acceptors (Lipinski definition) is 11. The Labute approximate surface area is 212 Å². The molecular weight excluding hydrogens is 486 g/mol. The zero-order valence-electron chi connectivity index (χ0n) is 20.4. The summed E-state index contributed by atoms with van der Waals surface area (Å²) >= 11 is 0. The van der Waals surface area contributed by atoms with Gasteiger partial charge in [-0.25, -0.2) is 9.63 Å². The molecule has 3 unspecified atom stereocenters. The number of fused-ring (bicyclic) bond motifs is 1. The minimum Gasteiger partial charge on any atom is -0.507 e. The van der Waals surface area contributed by atoms with Gasteiger partial charge in [0.15, 0.2) is 0 Å². The minimum atomic E-state index is -1.64. The van der Waals surface area contributed by atoms with E-state index in [4.69, 9.17) is 18.8 Å². The quantitative estimate of drug-likeness (QED) is 0.203. The topological polar surface area (TPSA) is 162 Å². The SMILES string of the molecule is CON(OC1O[C@H](CO)[C@@H](O)[C@@H](O)[C@H]1O)C(C)CC(c1ccccc1)c1c(O)c2ccccc2oc1=O. The fraction of sp³-hybridized carbons (Fsp3) is 0.423. The Hall–Kier alpha value is -2.87. The van der Waals surface area contributed by atoms with Crippen LogP contribution in [0.2, 0.25) is 0 Å². The first-order chi connectivity index (χ1) is 17.8. The molecule has 1 saturated heterocycles. The van der Waals surface area contributed by atoms with Crippen LogP contribution in [-0.4, -0.2) is 81.2 Å². The van der Waals surface area contributed by atoms with Crippen molar-refractivity contribution in [2.24, 2.45) is 0 Å². The molecule has 0 bridgehead atoms. The van der Waals surface area contributed by atoms with Gasteiger partial charge in [-0.3, -0.25) is 4.84 Å². The first-order valence-corrected chi connectivity index (χ1v) is 11.9. The summed E-state index contributed by atoms with van der Waals surface area (Å²) in [7, 11) is 1.32. The number of aromatic hydroxyl groups is 1. The van der Waals surface area contributed by atoms with E-state index < -0.39 is 54.9 Å². The van der Waals surface area contributed by atoms with Crippen LogP contribution in [0.3, 0.4) is 0 Å². The highest BCUT2D eigenvalue weighted by Gasteiger charge is 2.45. The number of ether oxygens (including phenoxy) is 1. The molecule has 2 aromatic carbocycles. The maximum Gasteiger partial charge on any atom is 0.343 e. The second kappa shape index (κ2) is 11.7. The first-order valence-electron chi connectivity index (χ1n) is 11.9. The Morgan fingerprint density at radius 3 is 2.35 bits per heavy atom. The van der Waals surface area contributed by atoms with Gasteiger partial charge in [-0.1, -0.05) is 47.7 Å². The Morgan fingerprint density at radius 2 is 1.68 bits per heavy atom. The predicted molar refractivity (Wildman–Crippen MR) is 130 cm³/mol. The molecule has 4 rings (SSSR count). The number of hydroxylamine groups is 2. The molecule has 11 heteroatoms. The number of benzene rings is 2. The zero-order valence-corrected chi connectivity index (χ0v) is 20.4. The molecule has 200 valence electrons. The van der Waals surface area contributed by atoms with Crippen LogP contribution in [0, 0.1) is 0 Å². The van der Waals surface area contributed by atoms with Crippen LogP contribution in [0.25, 0.3) is 11.0 Å². The van der Waals surface area contributed by atoms with Gasteiger partial charge in [0.25, 0.3) is 0 Å². The molecule has 0 aliphatic carbocycles. The Morgan fingerprint density at radius 1 is 1.00 bits per heavy atom. The molecule has 2 heterocycles. The summed E-state index contributed by atoms with van der Waals surface area (Å²) in [5.41, 5.74) is 0.380. The Bertz CT molecular complexity index is 1230. The Kier molecular flexibility index (Phi) is 8.57. The predicted octanol–water partition coefficient (Wildman–Crippen LogP) is 1.00. The van der Waals surface area contributed by atoms with E-state index in [1.165, 1.54) is 7.11 Å². The average molecular weight is 518 g/mol. The second-order valence-corrected chi connectivity index (χ2v) is 8.97. The third-order valence-electron chi connectivity index (χ3n) is 6.54. The van der Waals surface area contributed by atoms with Gasteiger partial charge in [0, 0.05) is 5.92 Å². The summed E-state index contributed by atoms with van der Waals surface area (Å²) in [5.74, 6) is -0.833. The highest BCUT2D eigenvalue weighted by atomic mass is 17.0. The van der Waals surface area contributed by atoms with E-state index in [2.05, 4.69) is 0 Å². The van der Waals surface area contributed by atoms with Crippen LogP contribution in [0.1, 0.15) is 30.4 Å². The van der Waals surface area contributed by atoms with E-state index in [1.807, 2.05) is 30.3 Å². The van der Waals surface area contributed by atoms with Gasteiger partial charge >= 0.3 is 5.63 Å². The van der Waals surface area contributed by atoms with Crippen LogP contribution in [0.4, 0.5) is 0 Å². The summed E-state index contributed by atoms with van der Waals surface area (Å²) in [5, 5.41) is 52.4. The number of hydrogen-bond donors (Lipinski definition) is 5. The van der Waals surface area contributed by atoms with Gasteiger partial charge < -0.3 is 34.7 Å². The van der Waals surface area contributed by atoms with E-state index in [0.717, 1.165) is 10.8 Å². The maximum atomic E-state index is 13.1. The van der Waals surface area contributed by atoms with Gasteiger partial charge in [0.05, 0.1) is 30.7 Å². The third-order valence-corrected chi connectivity index (χ3v) is 6.54. The smallest absolute Gasteiger partial charge is 0.343 e. The summed E-state index contributed by atoms with van der Waals surface area (Å²) < 4.78 is 10.9. The highest BCUT2D eigenvalue weighted by Crippen LogP contribution is 2.37. The summed E-state index contributed by atoms with van der Waals surface area (Å²) in [6.07, 6.45) is -7.23. The normalized spacial score (nSPS) is 25.9. The number of aliphatic hydroxyl groups is 4. The molecule has 0 radical (unpaired) electrons. The molecule has 5 N–H and O–H groups in total. The number of para-hydroxylation sites is 1. The largest absolute Gasteiger partial charge is 0.507 e. The van der Waals surface area contributed by atoms with E-state index in [9.17, 15) is 30.3 Å². The lowest BCUT2D eigenvalue weighted by Crippen LogP contribution is -2.60. The Balaban J connectivity index is 1.64. The van der Waals surface area contributed by atoms with E-state index in [-0.39, 0.29) is 23.3 Å². The van der Waals surface area contributed by atoms with Crippen LogP contribution >= 0.6 is 0 Å². The number of rotatable bonds is 9. The van der Waals surface area contributed by atoms with Gasteiger partial charge in [-0.05, 0) is 31.0 Å². The zero-order chi connectivity index (χ0) is 26.7. The molecule has 0 amide bonds. The lowest BCUT2D eigenvalue weighted by atomic mass is 9.86. The molecule has 1 fully saturated rings. The molecule has 1 aliphatic rings. The van der Waals surface area contributed by atoms with E-state index >= 15 is 0 Å². The highest BCUT2D eigenvalue weighted by molar-refractivity contribution is 5.84. The van der Waals surface area contributed by atoms with Crippen molar-refractivity contribution in [2.45, 2.75) is 56.0 Å². The first kappa shape index (κ1) is 27.2. The van der Waals surface area contributed by atoms with Crippen LogP contribution in [0.15, 0.2) is 63.8 Å². The summed E-state index contributed by atoms with van der Waals surface area (Å²) in [6, 6.07) is 15.2. The molecule has 0 saturated carbocycles. The average Bonchev–Trinajstić information content (AvgIpc) is 2.91. The van der Waals surface area contributed by atoms with Crippen LogP contribution < -0.4 is 5.63 Å². The molecule has 37 heavy (non-hydrogen) atoms. The van der Waals surface area contributed by atoms with Crippen LogP contribution in [-0.2, 0) is 14.4 Å². The van der Waals surface area contributed by atoms with Crippen molar-refractivity contribution in [1.82, 2.24) is 5.23 Å². The molecule has 1 aliphatic heterocycles. The lowest BCUT2D eigenvalue weighted by molar-refractivity contribution is -0.453. The molecule has 1 aromatic heterocycles. The van der Waals surface area contributed by atoms with Gasteiger partial charge in [-0.15, -0.1) is 0 Å². The van der Waals surface area contributed by atoms with Crippen LogP contribution in [0.5, 0.6) is 5.75 Å². The minimum absolute atomic E-state index is 0.0700. The molecular formula is C26H31NO10. The van der Waals surface area contributed by atoms with E-state index in [1.54, 1.807) is 31.2 Å². The van der Waals surface area contributed by atoms with Gasteiger partial charge in [0.1, 0.15) is 35.7 Å². The number of nitrogens with zero attached hydrogens (tertiary/aromatic N) is 1. The lowest BCUT2D eigenvalue weighted by Gasteiger charge is -2.41. The molecule has 3 aromatic rings. The van der Waals surface area contributed by atoms with Crippen molar-refractivity contribution in [3.8, 4) is 5.75 Å². The van der Waals surface area contributed by atoms with Crippen molar-refractivity contribution in [2.75, 3.05) is 13.7 Å². The van der Waals surface area contributed by atoms with Gasteiger partial charge in [0.2, 0.25) is 6.29 Å². The molecule has 0 spiro atoms. The van der Waals surface area contributed by atoms with E-state index in [0.29, 0.717) is 5.39 Å². The molecule has 11 nitrogen and oxygen atoms in total. The molecule has 7 atom stereocenters. The standard InChI is InChI=1S/C26H31NO10/c1-14(27(34-2)37-26-24(32)23(31)22(30)19(13-28)36-26)12-17(15-8-4-3-5-9-15)20-21(29)16-10-6-7-11-18(16)35-25(20)33/h3-11,14,17,19,22-24,26,28-32H,12-13H2,1-2H3/t14?,17?,19-,22-,23-,24-,26?/m1/s1. The maximum absolute atomic E-state index is 13.1. The number of aliphatic hydroxyl groups excluding tert-OH is 4. The second-order valence-electron chi connectivity index (χ2n) is 8.97. The van der Waals surface area contributed by atoms with Crippen molar-refractivity contribution in [1.29, 1.82) is 0 Å². The fourth-order valence-corrected chi connectivity index (χ4v) is 4.57. The summed E-state index contributed by atoms with van der Waals surface area (Å²) in [4.78, 5) is 24.1. The van der Waals surface area contributed by atoms with Gasteiger partial charge in [-0.2, -0.15) is 0 Å². The van der Waals surface area contributed by atoms with Crippen molar-refractivity contribution >= 4 is 11.0 Å². The van der Waals surface area contributed by atoms with Crippen molar-refractivity contribution < 1.29 is 44.4 Å². The summed E-state index contributed by atoms with van der Waals surface area (Å²) in [6.45, 7) is 1.11. The van der Waals surface area contributed by atoms with Crippen molar-refractivity contribution in [3.63, 3.8) is 0 Å². The third kappa shape index (κ3) is 5.54. The fourth-order valence-electron chi connectivity index (χ4n) is 4.57.